The SMILES string of the molecule is [2H]c1nc(N(C([2H])([2H])[2H])[C@@]2([2H])CN(C(=O)C([2H])([2H])[N+]#[C-])CC[C@@]2([2H])C([2H])([2H])[2H])c2cc[nH]c2n1.[2H]c1nc(N(C([2H])([2H])[2H])[C@@]2([2H])CN(C(=O)C([2H])([2H])[N+]#[C-])CC[C@@]2([2H])C)c2cc[nH]c2n1.[2H]c1nc(N(C([2H])([2H])[2H])[C@@]2([2H])CN(C(=O)C([2H])([2H])[N+]#[C-])CC[C@H]2C([2H])([2H])[2H])c2cc[nH]c2n1.[2H]c1nc(N(C([2H])([2H])[2H])[C@@]2([2H])CN(C(=O)C([2H])([2H])[N+]#[C-])CC[C@H]2C)c2cc[nH]c2n1.[2H]c1nc(N([C@H]2CN(C(=O)C([2H])([2H])[N+]#[C-])CC[C@@]2([2H])C([2H])([2H])[2H])C([2H])([2H])[2H])c2cc[nH]c2n1.[2H]c1nc(N([C@H]2CN(C(=O)C([2H])([2H])[N+]#[C-])CC[C@@]2([2H])C)C([2H])([2H])[2H])c2cc[nH]c2n1. The highest BCUT2D eigenvalue weighted by molar-refractivity contribution is 5.93. The van der Waals surface area contributed by atoms with Crippen LogP contribution in [0.1, 0.15) is 153 Å². The first-order valence-corrected chi connectivity index (χ1v) is 41.5. The van der Waals surface area contributed by atoms with Crippen LogP contribution >= 0.6 is 0 Å². The number of nitrogens with zero attached hydrogens (tertiary/aromatic N) is 30. The number of likely N-dealkylation sites (tertiary alicyclic amines) is 6. The highest BCUT2D eigenvalue weighted by Crippen LogP contribution is 2.37. The van der Waals surface area contributed by atoms with E-state index in [4.69, 9.17) is 112 Å². The summed E-state index contributed by atoms with van der Waals surface area (Å²) in [6.07, 6.45) is 4.22. The van der Waals surface area contributed by atoms with Crippen LogP contribution in [0.3, 0.4) is 0 Å². The van der Waals surface area contributed by atoms with Gasteiger partial charge in [0.25, 0.3) is 39.0 Å². The van der Waals surface area contributed by atoms with E-state index >= 15 is 0 Å². The third-order valence-corrected chi connectivity index (χ3v) is 22.7. The van der Waals surface area contributed by atoms with Gasteiger partial charge in [0, 0.05) is 200 Å². The van der Waals surface area contributed by atoms with Crippen LogP contribution in [0.25, 0.3) is 95.3 Å². The molecular formula is C96H120N36O6. The lowest BCUT2D eigenvalue weighted by Crippen LogP contribution is -2.53. The van der Waals surface area contributed by atoms with E-state index < -0.39 is 310 Å². The zero-order valence-corrected chi connectivity index (χ0v) is 73.3. The second-order valence-corrected chi connectivity index (χ2v) is 30.7. The molecule has 0 radical (unpaired) electrons. The number of anilines is 6. The molecule has 6 aliphatic rings. The second kappa shape index (κ2) is 46.5. The maximum Gasteiger partial charge on any atom is 0.302 e. The van der Waals surface area contributed by atoms with Crippen LogP contribution < -0.4 is 29.4 Å². The van der Waals surface area contributed by atoms with Crippen molar-refractivity contribution in [3.05, 3.63) is 180 Å². The van der Waals surface area contributed by atoms with Crippen molar-refractivity contribution in [3.63, 3.8) is 0 Å². The Labute approximate surface area is 876 Å². The number of carbonyl (C=O) groups excluding carboxylic acids is 6. The Hall–Kier alpha value is -15.7. The molecule has 42 heteroatoms. The number of piperidine rings is 6. The maximum atomic E-state index is 12.7. The molecule has 0 spiro atoms. The Bertz CT molecular complexity index is 9090. The molecule has 0 aliphatic carbocycles. The van der Waals surface area contributed by atoms with Crippen molar-refractivity contribution in [2.24, 2.45) is 35.4 Å². The molecule has 0 saturated carbocycles. The molecular weight excluding hydrogens is 1750 g/mol. The van der Waals surface area contributed by atoms with E-state index in [1.807, 2.05) is 0 Å². The number of aromatic amines is 6. The Morgan fingerprint density at radius 1 is 0.319 bits per heavy atom. The van der Waals surface area contributed by atoms with Gasteiger partial charge in [-0.15, -0.1) is 0 Å². The molecule has 720 valence electrons. The molecule has 18 heterocycles. The van der Waals surface area contributed by atoms with Crippen molar-refractivity contribution in [1.29, 1.82) is 0 Å². The molecule has 6 fully saturated rings. The van der Waals surface area contributed by atoms with E-state index in [0.29, 0.717) is 35.3 Å². The molecule has 138 heavy (non-hydrogen) atoms. The average Bonchev–Trinajstić information content (AvgIpc) is 1.56. The lowest BCUT2D eigenvalue weighted by atomic mass is 9.92. The van der Waals surface area contributed by atoms with E-state index in [9.17, 15) is 28.8 Å². The van der Waals surface area contributed by atoms with Gasteiger partial charge in [-0.2, -0.15) is 0 Å². The Balaban J connectivity index is 0.000000185. The lowest BCUT2D eigenvalue weighted by molar-refractivity contribution is -0.131. The maximum absolute atomic E-state index is 12.7. The monoisotopic (exact) mass is 1930 g/mol. The number of fused-ring (bicyclic) bond motifs is 6. The van der Waals surface area contributed by atoms with Gasteiger partial charge in [0.05, 0.1) is 74.0 Å². The second-order valence-electron chi connectivity index (χ2n) is 30.7. The number of nitrogens with one attached hydrogen (secondary N) is 6. The van der Waals surface area contributed by atoms with Gasteiger partial charge in [-0.3, -0.25) is 28.8 Å². The molecule has 0 unspecified atom stereocenters. The zero-order valence-electron chi connectivity index (χ0n) is 126. The van der Waals surface area contributed by atoms with Gasteiger partial charge >= 0.3 is 35.4 Å². The average molecular weight is 1930 g/mol. The largest absolute Gasteiger partial charge is 0.354 e. The number of carbonyl (C=O) groups is 6. The fourth-order valence-electron chi connectivity index (χ4n) is 15.2. The molecule has 12 aromatic heterocycles. The quantitative estimate of drug-likeness (QED) is 0.0435. The van der Waals surface area contributed by atoms with Crippen LogP contribution in [0.4, 0.5) is 34.9 Å². The van der Waals surface area contributed by atoms with Crippen molar-refractivity contribution in [2.75, 3.05) is 189 Å². The van der Waals surface area contributed by atoms with Crippen LogP contribution in [-0.2, 0) is 28.8 Å². The van der Waals surface area contributed by atoms with E-state index in [1.54, 1.807) is 26.0 Å². The summed E-state index contributed by atoms with van der Waals surface area (Å²) in [7, 11) is 0. The summed E-state index contributed by atoms with van der Waals surface area (Å²) in [6, 6.07) is -3.69. The first-order chi connectivity index (χ1) is 87.2. The standard InChI is InChI=1S/6C16H20N6O/c6*1-11-5-7-22(14(23)8-17-2)9-13(11)21(3)16-12-4-6-18-15(12)19-10-20-16/h6*4,6,10-11,13H,5,7-9H2,1,3H3,(H,18,19,20)/t6*11-,13+/m111111/s1/i1D3,3D3,8D2,10D,11D,13D;3D3,8D2,10D,11D,13D;1D3,3D3,8D2,10D,13D;1D3,3D3,8D2,10D,11D;3D3,8D2,10D,13D;3D3,8D2,10D,11D. The van der Waals surface area contributed by atoms with E-state index in [0.717, 1.165) is 34.3 Å². The van der Waals surface area contributed by atoms with E-state index in [2.05, 4.69) is 119 Å². The number of hydrogen-bond donors (Lipinski definition) is 6. The van der Waals surface area contributed by atoms with Crippen LogP contribution in [0.5, 0.6) is 0 Å². The van der Waals surface area contributed by atoms with Gasteiger partial charge in [-0.25, -0.2) is 99.2 Å². The number of rotatable bonds is 18. The molecule has 6 N–H and O–H groups in total. The minimum atomic E-state index is -3.28. The topological polar surface area (TPSA) is 417 Å². The molecule has 0 aromatic carbocycles. The summed E-state index contributed by atoms with van der Waals surface area (Å²) < 4.78 is 427. The Morgan fingerprint density at radius 3 is 0.841 bits per heavy atom. The molecule has 18 rings (SSSR count). The Morgan fingerprint density at radius 2 is 0.551 bits per heavy atom. The van der Waals surface area contributed by atoms with E-state index in [-0.39, 0.29) is 144 Å². The van der Waals surface area contributed by atoms with Crippen LogP contribution in [0.2, 0.25) is 0 Å². The number of likely N-dealkylation sites (N-methyl/N-ethyl adjacent to an activating group) is 6. The molecule has 12 aromatic rings. The molecule has 42 nitrogen and oxygen atoms in total. The molecule has 6 aliphatic heterocycles. The van der Waals surface area contributed by atoms with Gasteiger partial charge in [-0.05, 0) is 110 Å². The summed E-state index contributed by atoms with van der Waals surface area (Å²) in [5.74, 6) is -19.4. The van der Waals surface area contributed by atoms with Crippen molar-refractivity contribution >= 4 is 137 Å². The first kappa shape index (κ1) is 51.3. The minimum Gasteiger partial charge on any atom is -0.354 e. The summed E-state index contributed by atoms with van der Waals surface area (Å²) in [5, 5.41) is 1.19. The van der Waals surface area contributed by atoms with Gasteiger partial charge < -0.3 is 118 Å². The molecule has 6 amide bonds. The van der Waals surface area contributed by atoms with Crippen molar-refractivity contribution < 1.29 is 101 Å². The number of amides is 6. The molecule has 6 saturated heterocycles. The number of hydrogen-bond acceptors (Lipinski definition) is 24. The molecule has 12 atom stereocenters. The summed E-state index contributed by atoms with van der Waals surface area (Å²) in [6.45, 7) is -3.35. The van der Waals surface area contributed by atoms with Crippen LogP contribution in [0.15, 0.2) is 111 Å². The molecule has 0 bridgehead atoms. The van der Waals surface area contributed by atoms with Crippen LogP contribution in [0, 0.1) is 74.8 Å². The van der Waals surface area contributed by atoms with Crippen molar-refractivity contribution in [2.45, 2.75) is 116 Å². The minimum absolute atomic E-state index is 0.0201. The fourth-order valence-corrected chi connectivity index (χ4v) is 15.2. The van der Waals surface area contributed by atoms with Gasteiger partial charge in [-0.1, -0.05) is 41.3 Å². The highest BCUT2D eigenvalue weighted by Gasteiger charge is 2.41. The third kappa shape index (κ3) is 23.1. The van der Waals surface area contributed by atoms with Crippen molar-refractivity contribution in [1.82, 2.24) is 119 Å². The van der Waals surface area contributed by atoms with Gasteiger partial charge in [0.1, 0.15) is 131 Å². The van der Waals surface area contributed by atoms with Crippen molar-refractivity contribution in [3.8, 4) is 0 Å². The number of H-pyrrole nitrogens is 6. The first-order valence-electron chi connectivity index (χ1n) is 68.0. The summed E-state index contributed by atoms with van der Waals surface area (Å²) in [5.41, 5.74) is 0.929. The third-order valence-electron chi connectivity index (χ3n) is 22.7. The zero-order chi connectivity index (χ0) is 144. The number of aromatic nitrogens is 18. The summed E-state index contributed by atoms with van der Waals surface area (Å²) in [4.78, 5) is 164. The normalized spacial score (nSPS) is 32.5. The predicted octanol–water partition coefficient (Wildman–Crippen LogP) is 9.30. The van der Waals surface area contributed by atoms with Gasteiger partial charge in [0.15, 0.2) is 0 Å². The van der Waals surface area contributed by atoms with Gasteiger partial charge in [0.2, 0.25) is 0 Å². The lowest BCUT2D eigenvalue weighted by Gasteiger charge is -2.41. The van der Waals surface area contributed by atoms with Crippen LogP contribution in [-0.4, -0.2) is 350 Å². The Kier molecular flexibility index (Phi) is 17.3. The summed E-state index contributed by atoms with van der Waals surface area (Å²) >= 11 is 0. The van der Waals surface area contributed by atoms with E-state index in [1.165, 1.54) is 68.4 Å². The highest BCUT2D eigenvalue weighted by atomic mass is 16.2. The fraction of sp³-hybridized carbons (Fsp3) is 0.500. The smallest absolute Gasteiger partial charge is 0.302 e. The predicted molar refractivity (Wildman–Crippen MR) is 527 cm³/mol.